The lowest BCUT2D eigenvalue weighted by Crippen LogP contribution is -2.29. The summed E-state index contributed by atoms with van der Waals surface area (Å²) in [5, 5.41) is 0. The smallest absolute Gasteiger partial charge is 0.243 e. The molecule has 3 rings (SSSR count). The highest BCUT2D eigenvalue weighted by molar-refractivity contribution is 5.57. The van der Waals surface area contributed by atoms with Gasteiger partial charge in [-0.25, -0.2) is 9.55 Å². The molecule has 2 aromatic carbocycles. The molecule has 0 aliphatic rings. The minimum Gasteiger partial charge on any atom is -0.243 e. The topological polar surface area (TPSA) is 19.7 Å². The van der Waals surface area contributed by atoms with E-state index in [1.54, 1.807) is 0 Å². The van der Waals surface area contributed by atoms with E-state index in [-0.39, 0.29) is 0 Å². The van der Waals surface area contributed by atoms with Crippen molar-refractivity contribution in [2.24, 2.45) is 0 Å². The van der Waals surface area contributed by atoms with E-state index in [0.29, 0.717) is 0 Å². The van der Waals surface area contributed by atoms with E-state index in [4.69, 9.17) is 0 Å². The van der Waals surface area contributed by atoms with Crippen molar-refractivity contribution >= 4 is 0 Å². The quantitative estimate of drug-likeness (QED) is 0.670. The van der Waals surface area contributed by atoms with Crippen molar-refractivity contribution in [3.63, 3.8) is 0 Å². The van der Waals surface area contributed by atoms with Crippen LogP contribution in [-0.4, -0.2) is 4.98 Å². The van der Waals surface area contributed by atoms with Gasteiger partial charge in [0.1, 0.15) is 11.9 Å². The molecule has 2 heteroatoms. The van der Waals surface area contributed by atoms with Crippen molar-refractivity contribution in [1.29, 1.82) is 0 Å². The molecule has 3 aromatic rings. The average Bonchev–Trinajstić information content (AvgIpc) is 2.89. The molecule has 1 N–H and O–H groups in total. The lowest BCUT2D eigenvalue weighted by atomic mass is 10.1. The van der Waals surface area contributed by atoms with Crippen molar-refractivity contribution in [3.05, 3.63) is 72.2 Å². The first-order valence-electron chi connectivity index (χ1n) is 6.47. The highest BCUT2D eigenvalue weighted by Gasteiger charge is 2.13. The van der Waals surface area contributed by atoms with Gasteiger partial charge in [-0.2, -0.15) is 0 Å². The van der Waals surface area contributed by atoms with E-state index in [1.807, 2.05) is 12.4 Å². The van der Waals surface area contributed by atoms with Gasteiger partial charge in [-0.05, 0) is 25.0 Å². The summed E-state index contributed by atoms with van der Waals surface area (Å²) in [4.78, 5) is 3.34. The van der Waals surface area contributed by atoms with Gasteiger partial charge < -0.3 is 0 Å². The number of rotatable bonds is 2. The molecule has 1 aromatic heterocycles. The maximum atomic E-state index is 3.34. The van der Waals surface area contributed by atoms with Crippen LogP contribution in [0.4, 0.5) is 0 Å². The van der Waals surface area contributed by atoms with Gasteiger partial charge in [-0.1, -0.05) is 48.5 Å². The lowest BCUT2D eigenvalue weighted by Gasteiger charge is -2.04. The Bertz CT molecular complexity index is 676. The van der Waals surface area contributed by atoms with Gasteiger partial charge in [0.05, 0.1) is 0 Å². The number of aryl methyl sites for hydroxylation is 2. The van der Waals surface area contributed by atoms with E-state index in [2.05, 4.69) is 72.1 Å². The van der Waals surface area contributed by atoms with Crippen LogP contribution < -0.4 is 4.57 Å². The normalized spacial score (nSPS) is 10.6. The number of H-pyrrole nitrogens is 1. The van der Waals surface area contributed by atoms with Crippen molar-refractivity contribution < 1.29 is 4.57 Å². The Hall–Kier alpha value is -2.35. The average molecular weight is 249 g/mol. The van der Waals surface area contributed by atoms with Crippen LogP contribution in [0.15, 0.2) is 61.1 Å². The third-order valence-electron chi connectivity index (χ3n) is 3.41. The molecule has 0 radical (unpaired) electrons. The Labute approximate surface area is 113 Å². The summed E-state index contributed by atoms with van der Waals surface area (Å²) >= 11 is 0. The first-order chi connectivity index (χ1) is 9.25. The molecule has 0 fully saturated rings. The zero-order chi connectivity index (χ0) is 13.2. The first-order valence-corrected chi connectivity index (χ1v) is 6.47. The third-order valence-corrected chi connectivity index (χ3v) is 3.41. The largest absolute Gasteiger partial charge is 0.247 e. The highest BCUT2D eigenvalue weighted by atomic mass is 15.0. The Kier molecular flexibility index (Phi) is 2.92. The predicted octanol–water partition coefficient (Wildman–Crippen LogP) is 3.58. The molecule has 0 amide bonds. The standard InChI is InChI=1S/C17H16N2/c1-13-7-6-8-14(2)17(13)19-11-16(18-12-19)15-9-4-3-5-10-15/h3-12H,1-2H3/p+1. The SMILES string of the molecule is Cc1cccc(C)c1-[n+]1c[nH]c(-c2ccccc2)c1. The summed E-state index contributed by atoms with van der Waals surface area (Å²) in [6.07, 6.45) is 4.16. The second kappa shape index (κ2) is 4.73. The molecule has 0 aliphatic carbocycles. The lowest BCUT2D eigenvalue weighted by molar-refractivity contribution is -0.594. The van der Waals surface area contributed by atoms with Crippen molar-refractivity contribution in [2.75, 3.05) is 0 Å². The number of para-hydroxylation sites is 1. The summed E-state index contributed by atoms with van der Waals surface area (Å²) in [6.45, 7) is 4.29. The van der Waals surface area contributed by atoms with E-state index in [0.717, 1.165) is 5.69 Å². The van der Waals surface area contributed by atoms with E-state index >= 15 is 0 Å². The van der Waals surface area contributed by atoms with Gasteiger partial charge in [0.15, 0.2) is 5.69 Å². The maximum absolute atomic E-state index is 3.34. The molecule has 1 heterocycles. The van der Waals surface area contributed by atoms with Gasteiger partial charge in [-0.3, -0.25) is 0 Å². The number of hydrogen-bond acceptors (Lipinski definition) is 0. The zero-order valence-corrected chi connectivity index (χ0v) is 11.2. The Morgan fingerprint density at radius 1 is 0.842 bits per heavy atom. The number of nitrogens with one attached hydrogen (secondary N) is 1. The van der Waals surface area contributed by atoms with Crippen molar-refractivity contribution in [3.8, 4) is 16.9 Å². The fourth-order valence-corrected chi connectivity index (χ4v) is 2.47. The number of hydrogen-bond donors (Lipinski definition) is 1. The molecule has 0 bridgehead atoms. The second-order valence-electron chi connectivity index (χ2n) is 4.83. The highest BCUT2D eigenvalue weighted by Crippen LogP contribution is 2.17. The van der Waals surface area contributed by atoms with E-state index in [1.165, 1.54) is 22.4 Å². The van der Waals surface area contributed by atoms with Crippen LogP contribution in [0.5, 0.6) is 0 Å². The Morgan fingerprint density at radius 3 is 2.21 bits per heavy atom. The fourth-order valence-electron chi connectivity index (χ4n) is 2.47. The van der Waals surface area contributed by atoms with Crippen molar-refractivity contribution in [1.82, 2.24) is 4.98 Å². The van der Waals surface area contributed by atoms with Crippen LogP contribution >= 0.6 is 0 Å². The van der Waals surface area contributed by atoms with E-state index in [9.17, 15) is 0 Å². The van der Waals surface area contributed by atoms with Crippen LogP contribution in [0.3, 0.4) is 0 Å². The van der Waals surface area contributed by atoms with Gasteiger partial charge in [-0.15, -0.1) is 0 Å². The van der Waals surface area contributed by atoms with E-state index < -0.39 is 0 Å². The summed E-state index contributed by atoms with van der Waals surface area (Å²) in [6, 6.07) is 16.8. The fraction of sp³-hybridized carbons (Fsp3) is 0.118. The summed E-state index contributed by atoms with van der Waals surface area (Å²) in [5.41, 5.74) is 6.14. The molecule has 19 heavy (non-hydrogen) atoms. The summed E-state index contributed by atoms with van der Waals surface area (Å²) in [7, 11) is 0. The maximum Gasteiger partial charge on any atom is 0.247 e. The van der Waals surface area contributed by atoms with Crippen LogP contribution in [0.25, 0.3) is 16.9 Å². The summed E-state index contributed by atoms with van der Waals surface area (Å²) < 4.78 is 2.16. The number of nitrogens with zero attached hydrogens (tertiary/aromatic N) is 1. The van der Waals surface area contributed by atoms with Gasteiger partial charge in [0.25, 0.3) is 0 Å². The van der Waals surface area contributed by atoms with Crippen LogP contribution in [-0.2, 0) is 0 Å². The number of benzene rings is 2. The van der Waals surface area contributed by atoms with Crippen molar-refractivity contribution in [2.45, 2.75) is 13.8 Å². The molecule has 2 nitrogen and oxygen atoms in total. The molecule has 0 aliphatic heterocycles. The number of aromatic nitrogens is 2. The molecule has 0 spiro atoms. The predicted molar refractivity (Wildman–Crippen MR) is 77.2 cm³/mol. The van der Waals surface area contributed by atoms with Gasteiger partial charge in [0, 0.05) is 5.56 Å². The first kappa shape index (κ1) is 11.7. The number of imidazole rings is 1. The Balaban J connectivity index is 2.07. The van der Waals surface area contributed by atoms with Crippen LogP contribution in [0.2, 0.25) is 0 Å². The molecule has 0 saturated carbocycles. The molecule has 0 saturated heterocycles. The van der Waals surface area contributed by atoms with Gasteiger partial charge in [0.2, 0.25) is 6.33 Å². The second-order valence-corrected chi connectivity index (χ2v) is 4.83. The number of aromatic amines is 1. The molecule has 0 atom stereocenters. The monoisotopic (exact) mass is 249 g/mol. The summed E-state index contributed by atoms with van der Waals surface area (Å²) in [5.74, 6) is 0. The molecular weight excluding hydrogens is 232 g/mol. The molecule has 0 unspecified atom stereocenters. The van der Waals surface area contributed by atoms with Crippen LogP contribution in [0.1, 0.15) is 11.1 Å². The van der Waals surface area contributed by atoms with Gasteiger partial charge >= 0.3 is 0 Å². The Morgan fingerprint density at radius 2 is 1.53 bits per heavy atom. The molecular formula is C17H17N2+. The zero-order valence-electron chi connectivity index (χ0n) is 11.2. The third kappa shape index (κ3) is 2.17. The minimum atomic E-state index is 1.13. The van der Waals surface area contributed by atoms with Crippen LogP contribution in [0, 0.1) is 13.8 Å². The minimum absolute atomic E-state index is 1.13. The molecule has 94 valence electrons.